The molecule has 2 N–H and O–H groups in total. The average Bonchev–Trinajstić information content (AvgIpc) is 3.01. The summed E-state index contributed by atoms with van der Waals surface area (Å²) in [7, 11) is 1.52. The van der Waals surface area contributed by atoms with Crippen molar-refractivity contribution in [3.63, 3.8) is 0 Å². The highest BCUT2D eigenvalue weighted by Gasteiger charge is 2.17. The van der Waals surface area contributed by atoms with Gasteiger partial charge >= 0.3 is 0 Å². The first-order valence-corrected chi connectivity index (χ1v) is 7.76. The van der Waals surface area contributed by atoms with Gasteiger partial charge in [0.1, 0.15) is 11.8 Å². The van der Waals surface area contributed by atoms with E-state index in [1.54, 1.807) is 42.6 Å². The zero-order chi connectivity index (χ0) is 16.1. The predicted octanol–water partition coefficient (Wildman–Crippen LogP) is 3.17. The maximum absolute atomic E-state index is 12.1. The third-order valence-corrected chi connectivity index (χ3v) is 4.07. The van der Waals surface area contributed by atoms with Crippen LogP contribution in [0.5, 0.6) is 5.75 Å². The Labute approximate surface area is 137 Å². The van der Waals surface area contributed by atoms with Crippen LogP contribution >= 0.6 is 22.9 Å². The maximum atomic E-state index is 12.1. The van der Waals surface area contributed by atoms with Crippen molar-refractivity contribution < 1.29 is 14.3 Å². The highest BCUT2D eigenvalue weighted by atomic mass is 35.5. The first kappa shape index (κ1) is 16.3. The lowest BCUT2D eigenvalue weighted by Crippen LogP contribution is -2.41. The van der Waals surface area contributed by atoms with Crippen LogP contribution in [0.25, 0.3) is 0 Å². The van der Waals surface area contributed by atoms with Crippen LogP contribution in [0.15, 0.2) is 35.7 Å². The Bertz CT molecular complexity index is 673. The van der Waals surface area contributed by atoms with E-state index in [4.69, 9.17) is 16.3 Å². The van der Waals surface area contributed by atoms with Crippen LogP contribution in [0.4, 0.5) is 5.69 Å². The number of hydrogen-bond acceptors (Lipinski definition) is 4. The number of methoxy groups -OCH3 is 1. The van der Waals surface area contributed by atoms with E-state index in [0.29, 0.717) is 21.3 Å². The van der Waals surface area contributed by atoms with Crippen molar-refractivity contribution in [3.8, 4) is 5.75 Å². The molecule has 1 atom stereocenters. The number of benzene rings is 1. The summed E-state index contributed by atoms with van der Waals surface area (Å²) in [6.45, 7) is 1.62. The molecule has 1 heterocycles. The van der Waals surface area contributed by atoms with E-state index in [1.165, 1.54) is 18.4 Å². The van der Waals surface area contributed by atoms with Crippen LogP contribution in [-0.2, 0) is 4.79 Å². The lowest BCUT2D eigenvalue weighted by atomic mass is 10.2. The van der Waals surface area contributed by atoms with Gasteiger partial charge in [0, 0.05) is 5.69 Å². The van der Waals surface area contributed by atoms with E-state index in [0.717, 1.165) is 0 Å². The summed E-state index contributed by atoms with van der Waals surface area (Å²) in [6, 6.07) is 7.74. The van der Waals surface area contributed by atoms with Gasteiger partial charge in [0.2, 0.25) is 5.91 Å². The summed E-state index contributed by atoms with van der Waals surface area (Å²) in [5.41, 5.74) is 0.535. The van der Waals surface area contributed by atoms with Crippen LogP contribution < -0.4 is 15.4 Å². The van der Waals surface area contributed by atoms with Crippen LogP contribution in [0.1, 0.15) is 16.6 Å². The molecule has 22 heavy (non-hydrogen) atoms. The fourth-order valence-electron chi connectivity index (χ4n) is 1.74. The number of carbonyl (C=O) groups excluding carboxylic acids is 2. The first-order chi connectivity index (χ1) is 10.5. The smallest absolute Gasteiger partial charge is 0.261 e. The van der Waals surface area contributed by atoms with Crippen molar-refractivity contribution in [2.75, 3.05) is 12.4 Å². The number of anilines is 1. The quantitative estimate of drug-likeness (QED) is 0.880. The summed E-state index contributed by atoms with van der Waals surface area (Å²) in [4.78, 5) is 24.5. The second-order valence-corrected chi connectivity index (χ2v) is 5.87. The molecule has 0 spiro atoms. The zero-order valence-corrected chi connectivity index (χ0v) is 13.6. The second kappa shape index (κ2) is 7.29. The van der Waals surface area contributed by atoms with Gasteiger partial charge in [-0.1, -0.05) is 17.7 Å². The Morgan fingerprint density at radius 3 is 2.68 bits per heavy atom. The highest BCUT2D eigenvalue weighted by molar-refractivity contribution is 7.12. The van der Waals surface area contributed by atoms with E-state index < -0.39 is 6.04 Å². The Balaban J connectivity index is 1.96. The molecular weight excluding hydrogens is 324 g/mol. The molecule has 1 aromatic heterocycles. The fraction of sp³-hybridized carbons (Fsp3) is 0.200. The Morgan fingerprint density at radius 2 is 2.09 bits per heavy atom. The molecule has 7 heteroatoms. The molecule has 0 saturated carbocycles. The standard InChI is InChI=1S/C15H15ClN2O3S/c1-9(17-15(20)13-4-3-7-22-13)14(19)18-10-5-6-12(21-2)11(16)8-10/h3-9H,1-2H3,(H,17,20)(H,18,19). The van der Waals surface area contributed by atoms with Crippen molar-refractivity contribution >= 4 is 40.4 Å². The molecule has 0 fully saturated rings. The third-order valence-electron chi connectivity index (χ3n) is 2.91. The molecule has 1 aromatic carbocycles. The van der Waals surface area contributed by atoms with Gasteiger partial charge in [0.15, 0.2) is 0 Å². The van der Waals surface area contributed by atoms with Gasteiger partial charge in [0.25, 0.3) is 5.91 Å². The minimum absolute atomic E-state index is 0.273. The lowest BCUT2D eigenvalue weighted by Gasteiger charge is -2.14. The fourth-order valence-corrected chi connectivity index (χ4v) is 2.62. The van der Waals surface area contributed by atoms with Gasteiger partial charge in [0.05, 0.1) is 17.0 Å². The molecule has 0 aliphatic carbocycles. The summed E-state index contributed by atoms with van der Waals surface area (Å²) in [5.74, 6) is -0.0738. The molecular formula is C15H15ClN2O3S. The average molecular weight is 339 g/mol. The number of nitrogens with one attached hydrogen (secondary N) is 2. The summed E-state index contributed by atoms with van der Waals surface area (Å²) < 4.78 is 5.05. The van der Waals surface area contributed by atoms with E-state index in [9.17, 15) is 9.59 Å². The number of rotatable bonds is 5. The SMILES string of the molecule is COc1ccc(NC(=O)C(C)NC(=O)c2cccs2)cc1Cl. The van der Waals surface area contributed by atoms with E-state index in [1.807, 2.05) is 0 Å². The van der Waals surface area contributed by atoms with Crippen molar-refractivity contribution in [3.05, 3.63) is 45.6 Å². The maximum Gasteiger partial charge on any atom is 0.261 e. The van der Waals surface area contributed by atoms with Gasteiger partial charge in [-0.15, -0.1) is 11.3 Å². The summed E-state index contributed by atoms with van der Waals surface area (Å²) >= 11 is 7.32. The monoisotopic (exact) mass is 338 g/mol. The van der Waals surface area contributed by atoms with E-state index >= 15 is 0 Å². The van der Waals surface area contributed by atoms with Crippen LogP contribution in [0, 0.1) is 0 Å². The molecule has 0 bridgehead atoms. The number of carbonyl (C=O) groups is 2. The molecule has 2 amide bonds. The van der Waals surface area contributed by atoms with Gasteiger partial charge in [-0.05, 0) is 36.6 Å². The molecule has 5 nitrogen and oxygen atoms in total. The Morgan fingerprint density at radius 1 is 1.32 bits per heavy atom. The first-order valence-electron chi connectivity index (χ1n) is 6.50. The number of ether oxygens (including phenoxy) is 1. The van der Waals surface area contributed by atoms with Gasteiger partial charge in [-0.3, -0.25) is 9.59 Å². The van der Waals surface area contributed by atoms with Crippen LogP contribution in [0.2, 0.25) is 5.02 Å². The molecule has 0 aliphatic rings. The number of thiophene rings is 1. The number of halogens is 1. The topological polar surface area (TPSA) is 67.4 Å². The molecule has 2 rings (SSSR count). The van der Waals surface area contributed by atoms with Crippen LogP contribution in [-0.4, -0.2) is 25.0 Å². The van der Waals surface area contributed by atoms with Crippen molar-refractivity contribution in [1.29, 1.82) is 0 Å². The van der Waals surface area contributed by atoms with Crippen molar-refractivity contribution in [2.45, 2.75) is 13.0 Å². The lowest BCUT2D eigenvalue weighted by molar-refractivity contribution is -0.117. The Hall–Kier alpha value is -2.05. The van der Waals surface area contributed by atoms with Crippen LogP contribution in [0.3, 0.4) is 0 Å². The minimum atomic E-state index is -0.671. The number of amides is 2. The molecule has 0 saturated heterocycles. The predicted molar refractivity (Wildman–Crippen MR) is 87.9 cm³/mol. The van der Waals surface area contributed by atoms with Gasteiger partial charge in [-0.25, -0.2) is 0 Å². The minimum Gasteiger partial charge on any atom is -0.495 e. The molecule has 1 unspecified atom stereocenters. The van der Waals surface area contributed by atoms with Crippen molar-refractivity contribution in [1.82, 2.24) is 5.32 Å². The molecule has 0 radical (unpaired) electrons. The zero-order valence-electron chi connectivity index (χ0n) is 12.1. The van der Waals surface area contributed by atoms with Crippen molar-refractivity contribution in [2.24, 2.45) is 0 Å². The van der Waals surface area contributed by atoms with Gasteiger partial charge < -0.3 is 15.4 Å². The Kier molecular flexibility index (Phi) is 5.41. The number of hydrogen-bond donors (Lipinski definition) is 2. The normalized spacial score (nSPS) is 11.6. The van der Waals surface area contributed by atoms with Gasteiger partial charge in [-0.2, -0.15) is 0 Å². The molecule has 0 aliphatic heterocycles. The molecule has 2 aromatic rings. The highest BCUT2D eigenvalue weighted by Crippen LogP contribution is 2.27. The van der Waals surface area contributed by atoms with E-state index in [-0.39, 0.29) is 11.8 Å². The second-order valence-electron chi connectivity index (χ2n) is 4.51. The summed E-state index contributed by atoms with van der Waals surface area (Å²) in [6.07, 6.45) is 0. The summed E-state index contributed by atoms with van der Waals surface area (Å²) in [5, 5.41) is 7.54. The largest absolute Gasteiger partial charge is 0.495 e. The molecule has 116 valence electrons. The van der Waals surface area contributed by atoms with E-state index in [2.05, 4.69) is 10.6 Å². The third kappa shape index (κ3) is 3.99.